The number of hydrogen-bond acceptors (Lipinski definition) is 4. The number of carbonyl (C=O) groups excluding carboxylic acids is 1. The third-order valence-corrected chi connectivity index (χ3v) is 3.91. The average Bonchev–Trinajstić information content (AvgIpc) is 3.10. The Morgan fingerprint density at radius 1 is 1.19 bits per heavy atom. The second kappa shape index (κ2) is 8.29. The zero-order valence-electron chi connectivity index (χ0n) is 14.4. The maximum absolute atomic E-state index is 13.8. The van der Waals surface area contributed by atoms with Gasteiger partial charge in [-0.15, -0.1) is 0 Å². The van der Waals surface area contributed by atoms with Crippen LogP contribution in [0.2, 0.25) is 0 Å². The standard InChI is InChI=1S/C20H19FN2O3/c1-25-16-6-4-5-14(11-16)9-10-22-20(24)13-15-12-19(26-23-15)17-7-2-3-8-18(17)21/h2-8,11-12H,9-10,13H2,1H3,(H,22,24). The molecule has 3 aromatic rings. The summed E-state index contributed by atoms with van der Waals surface area (Å²) in [7, 11) is 1.62. The van der Waals surface area contributed by atoms with Crippen molar-refractivity contribution in [3.8, 4) is 17.1 Å². The Labute approximate surface area is 150 Å². The van der Waals surface area contributed by atoms with Crippen molar-refractivity contribution in [3.63, 3.8) is 0 Å². The summed E-state index contributed by atoms with van der Waals surface area (Å²) >= 11 is 0. The van der Waals surface area contributed by atoms with Gasteiger partial charge in [-0.1, -0.05) is 29.4 Å². The molecular weight excluding hydrogens is 335 g/mol. The molecule has 0 aliphatic rings. The van der Waals surface area contributed by atoms with E-state index in [0.717, 1.165) is 11.3 Å². The van der Waals surface area contributed by atoms with E-state index in [1.807, 2.05) is 24.3 Å². The Hall–Kier alpha value is -3.15. The first-order chi connectivity index (χ1) is 12.7. The average molecular weight is 354 g/mol. The monoisotopic (exact) mass is 354 g/mol. The number of rotatable bonds is 7. The summed E-state index contributed by atoms with van der Waals surface area (Å²) < 4.78 is 24.1. The molecule has 0 aliphatic carbocycles. The van der Waals surface area contributed by atoms with E-state index in [0.29, 0.717) is 30.0 Å². The van der Waals surface area contributed by atoms with E-state index in [1.165, 1.54) is 6.07 Å². The maximum Gasteiger partial charge on any atom is 0.226 e. The van der Waals surface area contributed by atoms with Crippen molar-refractivity contribution < 1.29 is 18.4 Å². The Kier molecular flexibility index (Phi) is 5.63. The summed E-state index contributed by atoms with van der Waals surface area (Å²) in [4.78, 5) is 12.0. The van der Waals surface area contributed by atoms with Crippen molar-refractivity contribution in [2.75, 3.05) is 13.7 Å². The normalized spacial score (nSPS) is 10.5. The molecule has 134 valence electrons. The highest BCUT2D eigenvalue weighted by Gasteiger charge is 2.13. The van der Waals surface area contributed by atoms with Crippen LogP contribution in [0.15, 0.2) is 59.1 Å². The summed E-state index contributed by atoms with van der Waals surface area (Å²) in [6, 6.07) is 15.6. The minimum absolute atomic E-state index is 0.0794. The fourth-order valence-electron chi connectivity index (χ4n) is 2.58. The SMILES string of the molecule is COc1cccc(CCNC(=O)Cc2cc(-c3ccccc3F)on2)c1. The number of aromatic nitrogens is 1. The van der Waals surface area contributed by atoms with Crippen LogP contribution in [0.25, 0.3) is 11.3 Å². The topological polar surface area (TPSA) is 64.4 Å². The second-order valence-electron chi connectivity index (χ2n) is 5.79. The first-order valence-electron chi connectivity index (χ1n) is 8.26. The maximum atomic E-state index is 13.8. The highest BCUT2D eigenvalue weighted by atomic mass is 19.1. The second-order valence-corrected chi connectivity index (χ2v) is 5.79. The molecule has 0 spiro atoms. The van der Waals surface area contributed by atoms with Crippen LogP contribution in [0.3, 0.4) is 0 Å². The lowest BCUT2D eigenvalue weighted by atomic mass is 10.1. The molecule has 5 nitrogen and oxygen atoms in total. The van der Waals surface area contributed by atoms with Crippen molar-refractivity contribution in [1.29, 1.82) is 0 Å². The van der Waals surface area contributed by atoms with Gasteiger partial charge in [-0.3, -0.25) is 4.79 Å². The quantitative estimate of drug-likeness (QED) is 0.706. The van der Waals surface area contributed by atoms with Crippen LogP contribution in [-0.2, 0) is 17.6 Å². The summed E-state index contributed by atoms with van der Waals surface area (Å²) in [5.41, 5.74) is 1.86. The van der Waals surface area contributed by atoms with Crippen LogP contribution < -0.4 is 10.1 Å². The Morgan fingerprint density at radius 2 is 2.04 bits per heavy atom. The van der Waals surface area contributed by atoms with E-state index in [2.05, 4.69) is 10.5 Å². The van der Waals surface area contributed by atoms with Gasteiger partial charge in [-0.05, 0) is 36.2 Å². The van der Waals surface area contributed by atoms with Crippen molar-refractivity contribution in [2.45, 2.75) is 12.8 Å². The molecule has 0 saturated carbocycles. The minimum atomic E-state index is -0.391. The van der Waals surface area contributed by atoms with Gasteiger partial charge in [0.05, 0.1) is 24.8 Å². The lowest BCUT2D eigenvalue weighted by molar-refractivity contribution is -0.120. The highest BCUT2D eigenvalue weighted by molar-refractivity contribution is 5.78. The van der Waals surface area contributed by atoms with Gasteiger partial charge < -0.3 is 14.6 Å². The minimum Gasteiger partial charge on any atom is -0.497 e. The van der Waals surface area contributed by atoms with E-state index in [1.54, 1.807) is 31.4 Å². The molecule has 0 radical (unpaired) electrons. The van der Waals surface area contributed by atoms with Gasteiger partial charge in [0.25, 0.3) is 0 Å². The van der Waals surface area contributed by atoms with Crippen molar-refractivity contribution in [2.24, 2.45) is 0 Å². The number of nitrogens with one attached hydrogen (secondary N) is 1. The molecule has 0 fully saturated rings. The zero-order valence-corrected chi connectivity index (χ0v) is 14.4. The third kappa shape index (κ3) is 4.47. The third-order valence-electron chi connectivity index (χ3n) is 3.91. The number of methoxy groups -OCH3 is 1. The fourth-order valence-corrected chi connectivity index (χ4v) is 2.58. The Morgan fingerprint density at radius 3 is 2.85 bits per heavy atom. The van der Waals surface area contributed by atoms with Gasteiger partial charge in [0, 0.05) is 12.6 Å². The van der Waals surface area contributed by atoms with Crippen molar-refractivity contribution >= 4 is 5.91 Å². The van der Waals surface area contributed by atoms with E-state index in [-0.39, 0.29) is 12.3 Å². The molecule has 0 unspecified atom stereocenters. The van der Waals surface area contributed by atoms with Gasteiger partial charge in [0.2, 0.25) is 5.91 Å². The number of carbonyl (C=O) groups is 1. The number of nitrogens with zero attached hydrogens (tertiary/aromatic N) is 1. The summed E-state index contributed by atoms with van der Waals surface area (Å²) in [5, 5.41) is 6.69. The summed E-state index contributed by atoms with van der Waals surface area (Å²) in [5.74, 6) is 0.540. The molecule has 0 aliphatic heterocycles. The summed E-state index contributed by atoms with van der Waals surface area (Å²) in [6.45, 7) is 0.504. The lowest BCUT2D eigenvalue weighted by Crippen LogP contribution is -2.27. The van der Waals surface area contributed by atoms with Gasteiger partial charge in [-0.25, -0.2) is 4.39 Å². The summed E-state index contributed by atoms with van der Waals surface area (Å²) in [6.07, 6.45) is 0.776. The van der Waals surface area contributed by atoms with Crippen LogP contribution in [0.5, 0.6) is 5.75 Å². The lowest BCUT2D eigenvalue weighted by Gasteiger charge is -2.06. The highest BCUT2D eigenvalue weighted by Crippen LogP contribution is 2.23. The molecule has 0 atom stereocenters. The first kappa shape index (κ1) is 17.7. The largest absolute Gasteiger partial charge is 0.497 e. The van der Waals surface area contributed by atoms with Crippen LogP contribution in [0.4, 0.5) is 4.39 Å². The number of amides is 1. The van der Waals surface area contributed by atoms with E-state index >= 15 is 0 Å². The molecule has 6 heteroatoms. The van der Waals surface area contributed by atoms with Gasteiger partial charge >= 0.3 is 0 Å². The molecule has 3 rings (SSSR count). The molecule has 2 aromatic carbocycles. The van der Waals surface area contributed by atoms with Crippen LogP contribution in [0, 0.1) is 5.82 Å². The molecule has 26 heavy (non-hydrogen) atoms. The Balaban J connectivity index is 1.52. The number of ether oxygens (including phenoxy) is 1. The van der Waals surface area contributed by atoms with Crippen molar-refractivity contribution in [1.82, 2.24) is 10.5 Å². The molecule has 1 aromatic heterocycles. The number of benzene rings is 2. The number of halogens is 1. The Bertz CT molecular complexity index is 892. The van der Waals surface area contributed by atoms with Gasteiger partial charge in [-0.2, -0.15) is 0 Å². The molecule has 1 amide bonds. The van der Waals surface area contributed by atoms with Crippen LogP contribution >= 0.6 is 0 Å². The predicted octanol–water partition coefficient (Wildman–Crippen LogP) is 3.39. The fraction of sp³-hybridized carbons (Fsp3) is 0.200. The first-order valence-corrected chi connectivity index (χ1v) is 8.26. The van der Waals surface area contributed by atoms with E-state index in [9.17, 15) is 9.18 Å². The van der Waals surface area contributed by atoms with Gasteiger partial charge in [0.1, 0.15) is 11.6 Å². The van der Waals surface area contributed by atoms with Gasteiger partial charge in [0.15, 0.2) is 5.76 Å². The van der Waals surface area contributed by atoms with E-state index < -0.39 is 5.82 Å². The van der Waals surface area contributed by atoms with Crippen molar-refractivity contribution in [3.05, 3.63) is 71.7 Å². The molecule has 0 bridgehead atoms. The van der Waals surface area contributed by atoms with Crippen LogP contribution in [0.1, 0.15) is 11.3 Å². The van der Waals surface area contributed by atoms with E-state index in [4.69, 9.17) is 9.26 Å². The predicted molar refractivity (Wildman–Crippen MR) is 95.3 cm³/mol. The molecule has 0 saturated heterocycles. The molecule has 1 N–H and O–H groups in total. The molecule has 1 heterocycles. The van der Waals surface area contributed by atoms with Crippen LogP contribution in [-0.4, -0.2) is 24.7 Å². The zero-order chi connectivity index (χ0) is 18.4. The molecular formula is C20H19FN2O3. The number of hydrogen-bond donors (Lipinski definition) is 1. The smallest absolute Gasteiger partial charge is 0.226 e.